The zero-order valence-electron chi connectivity index (χ0n) is 16.2. The number of nitrogens with zero attached hydrogens (tertiary/aromatic N) is 3. The molecule has 0 unspecified atom stereocenters. The van der Waals surface area contributed by atoms with E-state index < -0.39 is 0 Å². The molecule has 1 aromatic heterocycles. The van der Waals surface area contributed by atoms with Gasteiger partial charge in [0.05, 0.1) is 23.3 Å². The molecule has 0 aliphatic heterocycles. The van der Waals surface area contributed by atoms with Gasteiger partial charge in [-0.15, -0.1) is 6.42 Å². The van der Waals surface area contributed by atoms with Crippen LogP contribution in [0.15, 0.2) is 11.1 Å². The second-order valence-corrected chi connectivity index (χ2v) is 7.31. The predicted molar refractivity (Wildman–Crippen MR) is 105 cm³/mol. The van der Waals surface area contributed by atoms with E-state index in [0.717, 1.165) is 42.6 Å². The molecule has 1 fully saturated rings. The zero-order valence-corrected chi connectivity index (χ0v) is 16.2. The molecule has 136 valence electrons. The van der Waals surface area contributed by atoms with Crippen LogP contribution in [0.2, 0.25) is 0 Å². The molecule has 0 saturated heterocycles. The molecule has 0 radical (unpaired) electrons. The van der Waals surface area contributed by atoms with Crippen LogP contribution in [0.25, 0.3) is 0 Å². The average molecular weight is 341 g/mol. The van der Waals surface area contributed by atoms with Crippen LogP contribution < -0.4 is 4.74 Å². The lowest BCUT2D eigenvalue weighted by Gasteiger charge is -2.31. The van der Waals surface area contributed by atoms with Crippen molar-refractivity contribution in [2.75, 3.05) is 13.6 Å². The quantitative estimate of drug-likeness (QED) is 0.432. The van der Waals surface area contributed by atoms with Gasteiger partial charge in [-0.2, -0.15) is 0 Å². The van der Waals surface area contributed by atoms with Gasteiger partial charge in [-0.05, 0) is 57.4 Å². The minimum atomic E-state index is 0.217. The van der Waals surface area contributed by atoms with Crippen molar-refractivity contribution in [1.82, 2.24) is 9.88 Å². The SMILES string of the molecule is C#Cc1cc(N=CN(C)CC)c(C)nc1OC1CCC(C(C)C)CC1. The number of terminal acetylenes is 1. The number of aliphatic imine (C=N–C) groups is 1. The van der Waals surface area contributed by atoms with E-state index in [1.165, 1.54) is 12.8 Å². The van der Waals surface area contributed by atoms with Gasteiger partial charge in [0.15, 0.2) is 0 Å². The van der Waals surface area contributed by atoms with Crippen LogP contribution >= 0.6 is 0 Å². The summed E-state index contributed by atoms with van der Waals surface area (Å²) >= 11 is 0. The summed E-state index contributed by atoms with van der Waals surface area (Å²) < 4.78 is 6.17. The molecule has 4 nitrogen and oxygen atoms in total. The van der Waals surface area contributed by atoms with E-state index in [1.54, 1.807) is 6.34 Å². The molecule has 1 aromatic rings. The predicted octanol–water partition coefficient (Wildman–Crippen LogP) is 4.58. The summed E-state index contributed by atoms with van der Waals surface area (Å²) in [6.45, 7) is 9.54. The standard InChI is InChI=1S/C21H31N3O/c1-7-17-13-20(22-14-24(6)8-2)16(5)23-21(17)25-19-11-9-18(10-12-19)15(3)4/h1,13-15,18-19H,8-12H2,2-6H3. The van der Waals surface area contributed by atoms with Crippen LogP contribution in [0, 0.1) is 31.1 Å². The summed E-state index contributed by atoms with van der Waals surface area (Å²) in [5, 5.41) is 0. The van der Waals surface area contributed by atoms with Gasteiger partial charge < -0.3 is 9.64 Å². The number of ether oxygens (including phenoxy) is 1. The van der Waals surface area contributed by atoms with Crippen molar-refractivity contribution >= 4 is 12.0 Å². The first-order valence-corrected chi connectivity index (χ1v) is 9.33. The highest BCUT2D eigenvalue weighted by Crippen LogP contribution is 2.33. The van der Waals surface area contributed by atoms with Crippen molar-refractivity contribution < 1.29 is 4.74 Å². The smallest absolute Gasteiger partial charge is 0.230 e. The maximum atomic E-state index is 6.17. The fourth-order valence-corrected chi connectivity index (χ4v) is 3.17. The van der Waals surface area contributed by atoms with Gasteiger partial charge in [-0.3, -0.25) is 0 Å². The van der Waals surface area contributed by atoms with Gasteiger partial charge in [0.1, 0.15) is 6.10 Å². The molecular weight excluding hydrogens is 310 g/mol. The van der Waals surface area contributed by atoms with E-state index in [0.29, 0.717) is 11.4 Å². The lowest BCUT2D eigenvalue weighted by Crippen LogP contribution is -2.26. The number of hydrogen-bond donors (Lipinski definition) is 0. The van der Waals surface area contributed by atoms with Crippen molar-refractivity contribution in [2.24, 2.45) is 16.8 Å². The molecule has 0 amide bonds. The van der Waals surface area contributed by atoms with Gasteiger partial charge in [0.2, 0.25) is 5.88 Å². The topological polar surface area (TPSA) is 37.7 Å². The summed E-state index contributed by atoms with van der Waals surface area (Å²) in [6.07, 6.45) is 12.3. The largest absolute Gasteiger partial charge is 0.473 e. The normalized spacial score (nSPS) is 20.7. The maximum Gasteiger partial charge on any atom is 0.230 e. The molecule has 25 heavy (non-hydrogen) atoms. The highest BCUT2D eigenvalue weighted by Gasteiger charge is 2.25. The van der Waals surface area contributed by atoms with E-state index in [-0.39, 0.29) is 6.10 Å². The van der Waals surface area contributed by atoms with Gasteiger partial charge in [-0.1, -0.05) is 19.8 Å². The molecule has 0 atom stereocenters. The lowest BCUT2D eigenvalue weighted by molar-refractivity contribution is 0.112. The summed E-state index contributed by atoms with van der Waals surface area (Å²) in [7, 11) is 1.99. The van der Waals surface area contributed by atoms with Crippen molar-refractivity contribution in [3.05, 3.63) is 17.3 Å². The second-order valence-electron chi connectivity index (χ2n) is 7.31. The average Bonchev–Trinajstić information content (AvgIpc) is 2.61. The summed E-state index contributed by atoms with van der Waals surface area (Å²) in [5.41, 5.74) is 2.32. The van der Waals surface area contributed by atoms with Gasteiger partial charge in [-0.25, -0.2) is 9.98 Å². The van der Waals surface area contributed by atoms with Crippen molar-refractivity contribution in [2.45, 2.75) is 59.5 Å². The molecule has 0 spiro atoms. The first-order chi connectivity index (χ1) is 11.9. The Hall–Kier alpha value is -2.02. The number of pyridine rings is 1. The second kappa shape index (κ2) is 8.89. The monoisotopic (exact) mass is 341 g/mol. The molecular formula is C21H31N3O. The molecule has 1 aliphatic carbocycles. The minimum absolute atomic E-state index is 0.217. The van der Waals surface area contributed by atoms with Crippen LogP contribution in [-0.4, -0.2) is 35.9 Å². The highest BCUT2D eigenvalue weighted by molar-refractivity contribution is 5.64. The van der Waals surface area contributed by atoms with Crippen LogP contribution in [0.4, 0.5) is 5.69 Å². The number of rotatable bonds is 6. The van der Waals surface area contributed by atoms with Crippen molar-refractivity contribution in [1.29, 1.82) is 0 Å². The van der Waals surface area contributed by atoms with Gasteiger partial charge in [0.25, 0.3) is 0 Å². The Bertz CT molecular complexity index is 637. The van der Waals surface area contributed by atoms with Gasteiger partial charge in [0, 0.05) is 13.6 Å². The van der Waals surface area contributed by atoms with Crippen molar-refractivity contribution in [3.63, 3.8) is 0 Å². The Balaban J connectivity index is 2.10. The van der Waals surface area contributed by atoms with Crippen molar-refractivity contribution in [3.8, 4) is 18.2 Å². The Morgan fingerprint density at radius 1 is 1.40 bits per heavy atom. The molecule has 0 aromatic carbocycles. The third-order valence-electron chi connectivity index (χ3n) is 5.14. The lowest BCUT2D eigenvalue weighted by atomic mass is 9.80. The van der Waals surface area contributed by atoms with E-state index in [4.69, 9.17) is 11.2 Å². The Morgan fingerprint density at radius 2 is 2.08 bits per heavy atom. The Morgan fingerprint density at radius 3 is 2.64 bits per heavy atom. The van der Waals surface area contributed by atoms with E-state index in [2.05, 4.69) is 36.7 Å². The first kappa shape index (κ1) is 19.3. The zero-order chi connectivity index (χ0) is 18.4. The summed E-state index contributed by atoms with van der Waals surface area (Å²) in [4.78, 5) is 11.1. The Kier molecular flexibility index (Phi) is 6.87. The first-order valence-electron chi connectivity index (χ1n) is 9.33. The molecule has 2 rings (SSSR count). The number of aryl methyl sites for hydroxylation is 1. The van der Waals surface area contributed by atoms with E-state index >= 15 is 0 Å². The highest BCUT2D eigenvalue weighted by atomic mass is 16.5. The van der Waals surface area contributed by atoms with Crippen LogP contribution in [0.3, 0.4) is 0 Å². The summed E-state index contributed by atoms with van der Waals surface area (Å²) in [5.74, 6) is 4.85. The third-order valence-corrected chi connectivity index (χ3v) is 5.14. The molecule has 0 bridgehead atoms. The molecule has 0 N–H and O–H groups in total. The molecule has 1 aliphatic rings. The summed E-state index contributed by atoms with van der Waals surface area (Å²) in [6, 6.07) is 1.90. The number of aromatic nitrogens is 1. The maximum absolute atomic E-state index is 6.17. The van der Waals surface area contributed by atoms with Crippen LogP contribution in [0.1, 0.15) is 57.7 Å². The molecule has 1 saturated carbocycles. The fourth-order valence-electron chi connectivity index (χ4n) is 3.17. The number of hydrogen-bond acceptors (Lipinski definition) is 3. The third kappa shape index (κ3) is 5.22. The van der Waals surface area contributed by atoms with E-state index in [9.17, 15) is 0 Å². The molecule has 1 heterocycles. The van der Waals surface area contributed by atoms with Crippen LogP contribution in [-0.2, 0) is 0 Å². The van der Waals surface area contributed by atoms with E-state index in [1.807, 2.05) is 24.9 Å². The van der Waals surface area contributed by atoms with Crippen LogP contribution in [0.5, 0.6) is 5.88 Å². The fraction of sp³-hybridized carbons (Fsp3) is 0.619. The minimum Gasteiger partial charge on any atom is -0.473 e. The Labute approximate surface area is 152 Å². The van der Waals surface area contributed by atoms with Gasteiger partial charge >= 0.3 is 0 Å². The molecule has 4 heteroatoms.